The summed E-state index contributed by atoms with van der Waals surface area (Å²) in [6, 6.07) is 2.48. The minimum atomic E-state index is -0.931. The predicted octanol–water partition coefficient (Wildman–Crippen LogP) is 4.70. The maximum absolute atomic E-state index is 11.9. The number of carbonyl (C=O) groups excluding carboxylic acids is 1. The number of rotatable bonds is 2. The van der Waals surface area contributed by atoms with Crippen LogP contribution in [-0.4, -0.2) is 36.4 Å². The monoisotopic (exact) mass is 493 g/mol. The van der Waals surface area contributed by atoms with E-state index >= 15 is 0 Å². The van der Waals surface area contributed by atoms with Crippen LogP contribution in [0.2, 0.25) is 0 Å². The summed E-state index contributed by atoms with van der Waals surface area (Å²) in [4.78, 5) is 11.9. The van der Waals surface area contributed by atoms with E-state index in [1.807, 2.05) is 0 Å². The molecule has 29 heavy (non-hydrogen) atoms. The number of carbonyl (C=O) groups is 1. The number of hydrogen-bond acceptors (Lipinski definition) is 3. The molecular formula is C22H33Cl2NO3Zn. The van der Waals surface area contributed by atoms with Gasteiger partial charge < -0.3 is 15.2 Å². The van der Waals surface area contributed by atoms with Crippen LogP contribution in [0.1, 0.15) is 66.3 Å². The van der Waals surface area contributed by atoms with Gasteiger partial charge in [-0.05, 0) is 92.5 Å². The summed E-state index contributed by atoms with van der Waals surface area (Å²) >= 11 is -0.931. The Kier molecular flexibility index (Phi) is 9.89. The third-order valence-electron chi connectivity index (χ3n) is 6.82. The van der Waals surface area contributed by atoms with Crippen molar-refractivity contribution in [1.29, 1.82) is 0 Å². The van der Waals surface area contributed by atoms with Gasteiger partial charge in [-0.1, -0.05) is 6.07 Å². The second kappa shape index (κ2) is 11.4. The summed E-state index contributed by atoms with van der Waals surface area (Å²) in [5.41, 5.74) is 7.00. The molecule has 0 heterocycles. The van der Waals surface area contributed by atoms with Gasteiger partial charge in [-0.15, -0.1) is 0 Å². The van der Waals surface area contributed by atoms with Crippen molar-refractivity contribution in [2.45, 2.75) is 84.0 Å². The zero-order valence-corrected chi connectivity index (χ0v) is 22.7. The van der Waals surface area contributed by atoms with Gasteiger partial charge in [0.25, 0.3) is 0 Å². The van der Waals surface area contributed by atoms with Gasteiger partial charge in [0.05, 0.1) is 12.2 Å². The Morgan fingerprint density at radius 3 is 2.45 bits per heavy atom. The zero-order chi connectivity index (χ0) is 21.7. The van der Waals surface area contributed by atoms with E-state index in [0.717, 1.165) is 32.1 Å². The van der Waals surface area contributed by atoms with Crippen molar-refractivity contribution in [2.75, 3.05) is 7.11 Å². The topological polar surface area (TPSA) is 58.6 Å². The molecule has 0 radical (unpaired) electrons. The third-order valence-corrected chi connectivity index (χ3v) is 6.82. The fourth-order valence-corrected chi connectivity index (χ4v) is 5.27. The molecule has 160 valence electrons. The molecule has 0 aliphatic heterocycles. The van der Waals surface area contributed by atoms with Crippen LogP contribution in [0.5, 0.6) is 0 Å². The van der Waals surface area contributed by atoms with Crippen molar-refractivity contribution >= 4 is 25.3 Å². The van der Waals surface area contributed by atoms with E-state index in [-0.39, 0.29) is 18.1 Å². The van der Waals surface area contributed by atoms with Gasteiger partial charge in [0, 0.05) is 20.1 Å². The number of halogens is 2. The van der Waals surface area contributed by atoms with Gasteiger partial charge in [0.2, 0.25) is 5.91 Å². The first kappa shape index (κ1) is 25.1. The number of aliphatic hydroxyl groups excluding tert-OH is 1. The standard InChI is InChI=1S/C22H33NO3.2ClH.Zn/c1-12-10-16-6-8-19(23-15(4)24)18-11-21(26-5)20(25)9-7-17(18)22(16)14(3)13(12)2;;;/h10,17-21,25H,6-9,11H2,1-5H3,(H,23,24);2*1H;/q;;;+2/p-2. The summed E-state index contributed by atoms with van der Waals surface area (Å²) in [5.74, 6) is 0.684. The van der Waals surface area contributed by atoms with Crippen LogP contribution >= 0.6 is 19.4 Å². The Hall–Kier alpha value is -0.187. The van der Waals surface area contributed by atoms with Gasteiger partial charge in [-0.3, -0.25) is 4.79 Å². The van der Waals surface area contributed by atoms with Crippen LogP contribution in [0.15, 0.2) is 6.07 Å². The zero-order valence-electron chi connectivity index (χ0n) is 18.2. The molecule has 1 fully saturated rings. The third kappa shape index (κ3) is 5.95. The van der Waals surface area contributed by atoms with E-state index in [0.29, 0.717) is 11.8 Å². The number of aliphatic hydroxyl groups is 1. The molecule has 1 amide bonds. The first-order chi connectivity index (χ1) is 13.7. The first-order valence-corrected chi connectivity index (χ1v) is 18.2. The van der Waals surface area contributed by atoms with Crippen molar-refractivity contribution in [3.8, 4) is 0 Å². The van der Waals surface area contributed by atoms with Crippen molar-refractivity contribution in [3.63, 3.8) is 0 Å². The van der Waals surface area contributed by atoms with Crippen LogP contribution in [0.4, 0.5) is 0 Å². The van der Waals surface area contributed by atoms with Crippen LogP contribution < -0.4 is 5.32 Å². The number of ether oxygens (including phenoxy) is 1. The van der Waals surface area contributed by atoms with Crippen LogP contribution in [-0.2, 0) is 31.1 Å². The molecule has 2 aliphatic rings. The SMILES string of the molecule is COC1CC2C(NC(C)=O)CCc3cc(C)c(C)c(C)c3C2CCC1O.[Cl][Zn][Cl]. The fourth-order valence-electron chi connectivity index (χ4n) is 5.27. The summed E-state index contributed by atoms with van der Waals surface area (Å²) in [6.07, 6.45) is 3.84. The average molecular weight is 496 g/mol. The van der Waals surface area contributed by atoms with E-state index < -0.39 is 21.2 Å². The van der Waals surface area contributed by atoms with Crippen molar-refractivity contribution < 1.29 is 29.8 Å². The van der Waals surface area contributed by atoms with E-state index in [1.165, 1.54) is 27.8 Å². The van der Waals surface area contributed by atoms with Crippen LogP contribution in [0.25, 0.3) is 0 Å². The second-order valence-electron chi connectivity index (χ2n) is 8.39. The molecule has 0 spiro atoms. The number of benzene rings is 1. The Morgan fingerprint density at radius 1 is 1.21 bits per heavy atom. The van der Waals surface area contributed by atoms with Crippen LogP contribution in [0, 0.1) is 26.7 Å². The number of hydrogen-bond donors (Lipinski definition) is 2. The molecule has 0 aromatic heterocycles. The molecule has 1 aromatic rings. The quantitative estimate of drug-likeness (QED) is 0.585. The second-order valence-corrected chi connectivity index (χ2v) is 13.0. The molecule has 5 atom stereocenters. The van der Waals surface area contributed by atoms with E-state index in [1.54, 1.807) is 14.0 Å². The number of amides is 1. The molecule has 1 saturated carbocycles. The minimum absolute atomic E-state index is 0.0301. The van der Waals surface area contributed by atoms with Gasteiger partial charge in [0.15, 0.2) is 0 Å². The average Bonchev–Trinajstić information content (AvgIpc) is 2.90. The Balaban J connectivity index is 0.000000941. The molecule has 0 bridgehead atoms. The first-order valence-electron chi connectivity index (χ1n) is 10.4. The molecule has 5 unspecified atom stereocenters. The van der Waals surface area contributed by atoms with Crippen molar-refractivity contribution in [3.05, 3.63) is 33.9 Å². The molecular weight excluding hydrogens is 463 g/mol. The fraction of sp³-hybridized carbons (Fsp3) is 0.682. The molecule has 1 aromatic carbocycles. The van der Waals surface area contributed by atoms with E-state index in [4.69, 9.17) is 24.1 Å². The summed E-state index contributed by atoms with van der Waals surface area (Å²) in [7, 11) is 11.6. The molecule has 2 N–H and O–H groups in total. The van der Waals surface area contributed by atoms with Crippen molar-refractivity contribution in [1.82, 2.24) is 5.32 Å². The number of methoxy groups -OCH3 is 1. The molecule has 3 rings (SSSR count). The van der Waals surface area contributed by atoms with Crippen LogP contribution in [0.3, 0.4) is 0 Å². The van der Waals surface area contributed by atoms with Gasteiger partial charge in [-0.2, -0.15) is 0 Å². The summed E-state index contributed by atoms with van der Waals surface area (Å²) in [6.45, 7) is 8.24. The number of aryl methyl sites for hydroxylation is 2. The van der Waals surface area contributed by atoms with Crippen molar-refractivity contribution in [2.24, 2.45) is 5.92 Å². The Labute approximate surface area is 190 Å². The van der Waals surface area contributed by atoms with Gasteiger partial charge in [0.1, 0.15) is 0 Å². The molecule has 7 heteroatoms. The normalized spacial score (nSPS) is 28.5. The van der Waals surface area contributed by atoms with Gasteiger partial charge in [-0.25, -0.2) is 0 Å². The number of fused-ring (bicyclic) bond motifs is 3. The van der Waals surface area contributed by atoms with E-state index in [9.17, 15) is 9.90 Å². The molecule has 2 aliphatic carbocycles. The number of nitrogens with one attached hydrogen (secondary N) is 1. The van der Waals surface area contributed by atoms with Gasteiger partial charge >= 0.3 is 34.5 Å². The Morgan fingerprint density at radius 2 is 1.86 bits per heavy atom. The summed E-state index contributed by atoms with van der Waals surface area (Å²) < 4.78 is 5.62. The molecule has 0 saturated heterocycles. The molecule has 4 nitrogen and oxygen atoms in total. The predicted molar refractivity (Wildman–Crippen MR) is 115 cm³/mol. The Bertz CT molecular complexity index is 716. The maximum atomic E-state index is 11.9. The van der Waals surface area contributed by atoms with E-state index in [2.05, 4.69) is 32.2 Å². The summed E-state index contributed by atoms with van der Waals surface area (Å²) in [5, 5.41) is 13.8.